The quantitative estimate of drug-likeness (QED) is 0.547. The lowest BCUT2D eigenvalue weighted by Gasteiger charge is -2.15. The summed E-state index contributed by atoms with van der Waals surface area (Å²) in [6.45, 7) is 5.80. The van der Waals surface area contributed by atoms with E-state index in [1.807, 2.05) is 55.1 Å². The van der Waals surface area contributed by atoms with Gasteiger partial charge in [0, 0.05) is 32.1 Å². The highest BCUT2D eigenvalue weighted by atomic mass is 16.5. The minimum Gasteiger partial charge on any atom is -0.491 e. The van der Waals surface area contributed by atoms with Crippen LogP contribution in [0.2, 0.25) is 0 Å². The molecular formula is C24H28N2O3. The monoisotopic (exact) mass is 392 g/mol. The van der Waals surface area contributed by atoms with Crippen molar-refractivity contribution in [2.45, 2.75) is 45.9 Å². The SMILES string of the molecule is CC(C)Oc1cccc(C=CC(=O)NCCCC(=O)N2Cc3ccccc3C2)c1. The molecule has 0 unspecified atom stereocenters. The summed E-state index contributed by atoms with van der Waals surface area (Å²) in [7, 11) is 0. The van der Waals surface area contributed by atoms with Crippen molar-refractivity contribution >= 4 is 17.9 Å². The van der Waals surface area contributed by atoms with Crippen LogP contribution in [0.15, 0.2) is 54.6 Å². The minimum atomic E-state index is -0.166. The maximum atomic E-state index is 12.4. The zero-order valence-corrected chi connectivity index (χ0v) is 17.1. The van der Waals surface area contributed by atoms with Gasteiger partial charge in [0.2, 0.25) is 11.8 Å². The second-order valence-electron chi connectivity index (χ2n) is 7.49. The Labute approximate surface area is 172 Å². The molecule has 0 saturated carbocycles. The lowest BCUT2D eigenvalue weighted by atomic mass is 10.1. The summed E-state index contributed by atoms with van der Waals surface area (Å²) < 4.78 is 5.66. The highest BCUT2D eigenvalue weighted by molar-refractivity contribution is 5.91. The molecule has 0 aromatic heterocycles. The second kappa shape index (κ2) is 9.92. The Bertz CT molecular complexity index is 864. The first kappa shape index (κ1) is 20.6. The summed E-state index contributed by atoms with van der Waals surface area (Å²) >= 11 is 0. The van der Waals surface area contributed by atoms with Gasteiger partial charge in [-0.15, -0.1) is 0 Å². The summed E-state index contributed by atoms with van der Waals surface area (Å²) in [5.41, 5.74) is 3.35. The van der Waals surface area contributed by atoms with Gasteiger partial charge in [0.15, 0.2) is 0 Å². The fraction of sp³-hybridized carbons (Fsp3) is 0.333. The normalized spacial score (nSPS) is 13.0. The van der Waals surface area contributed by atoms with E-state index < -0.39 is 0 Å². The molecule has 2 amide bonds. The van der Waals surface area contributed by atoms with Gasteiger partial charge in [-0.3, -0.25) is 9.59 Å². The number of benzene rings is 2. The standard InChI is InChI=1S/C24H28N2O3/c1-18(2)29-22-10-5-7-19(15-22)12-13-23(27)25-14-6-11-24(28)26-16-20-8-3-4-9-21(20)17-26/h3-5,7-10,12-13,15,18H,6,11,14,16-17H2,1-2H3,(H,25,27). The number of nitrogens with one attached hydrogen (secondary N) is 1. The molecule has 0 saturated heterocycles. The van der Waals surface area contributed by atoms with Crippen LogP contribution in [0.3, 0.4) is 0 Å². The van der Waals surface area contributed by atoms with E-state index in [1.54, 1.807) is 6.08 Å². The van der Waals surface area contributed by atoms with Gasteiger partial charge in [0.25, 0.3) is 0 Å². The Kier molecular flexibility index (Phi) is 7.06. The first-order valence-corrected chi connectivity index (χ1v) is 10.1. The number of hydrogen-bond acceptors (Lipinski definition) is 3. The second-order valence-corrected chi connectivity index (χ2v) is 7.49. The van der Waals surface area contributed by atoms with E-state index in [0.717, 1.165) is 11.3 Å². The predicted octanol–water partition coefficient (Wildman–Crippen LogP) is 3.93. The largest absolute Gasteiger partial charge is 0.491 e. The van der Waals surface area contributed by atoms with Crippen LogP contribution in [0.5, 0.6) is 5.75 Å². The molecule has 0 spiro atoms. The summed E-state index contributed by atoms with van der Waals surface area (Å²) in [6.07, 6.45) is 4.44. The molecule has 0 radical (unpaired) electrons. The topological polar surface area (TPSA) is 58.6 Å². The van der Waals surface area contributed by atoms with E-state index in [-0.39, 0.29) is 17.9 Å². The molecule has 152 valence electrons. The molecular weight excluding hydrogens is 364 g/mol. The third-order valence-electron chi connectivity index (χ3n) is 4.72. The van der Waals surface area contributed by atoms with Crippen LogP contribution in [0.4, 0.5) is 0 Å². The Hall–Kier alpha value is -3.08. The third kappa shape index (κ3) is 6.21. The van der Waals surface area contributed by atoms with Crippen molar-refractivity contribution in [3.05, 3.63) is 71.3 Å². The molecule has 1 heterocycles. The van der Waals surface area contributed by atoms with Gasteiger partial charge in [0.05, 0.1) is 6.10 Å². The number of fused-ring (bicyclic) bond motifs is 1. The van der Waals surface area contributed by atoms with Crippen LogP contribution >= 0.6 is 0 Å². The van der Waals surface area contributed by atoms with Gasteiger partial charge in [0.1, 0.15) is 5.75 Å². The van der Waals surface area contributed by atoms with E-state index in [0.29, 0.717) is 32.5 Å². The Morgan fingerprint density at radius 1 is 1.10 bits per heavy atom. The van der Waals surface area contributed by atoms with Crippen molar-refractivity contribution in [1.29, 1.82) is 0 Å². The Morgan fingerprint density at radius 2 is 1.83 bits per heavy atom. The molecule has 2 aromatic rings. The van der Waals surface area contributed by atoms with Crippen molar-refractivity contribution in [2.75, 3.05) is 6.54 Å². The molecule has 1 aliphatic heterocycles. The van der Waals surface area contributed by atoms with E-state index in [1.165, 1.54) is 17.2 Å². The predicted molar refractivity (Wildman–Crippen MR) is 114 cm³/mol. The van der Waals surface area contributed by atoms with Crippen LogP contribution in [0, 0.1) is 0 Å². The van der Waals surface area contributed by atoms with E-state index in [2.05, 4.69) is 17.4 Å². The van der Waals surface area contributed by atoms with Crippen molar-refractivity contribution in [3.63, 3.8) is 0 Å². The molecule has 29 heavy (non-hydrogen) atoms. The van der Waals surface area contributed by atoms with Crippen molar-refractivity contribution in [3.8, 4) is 5.75 Å². The smallest absolute Gasteiger partial charge is 0.243 e. The molecule has 0 aliphatic carbocycles. The summed E-state index contributed by atoms with van der Waals surface area (Å²) in [6, 6.07) is 15.8. The zero-order chi connectivity index (χ0) is 20.6. The Balaban J connectivity index is 1.37. The lowest BCUT2D eigenvalue weighted by Crippen LogP contribution is -2.27. The van der Waals surface area contributed by atoms with Crippen molar-refractivity contribution < 1.29 is 14.3 Å². The molecule has 0 atom stereocenters. The highest BCUT2D eigenvalue weighted by Gasteiger charge is 2.22. The molecule has 5 heteroatoms. The molecule has 0 fully saturated rings. The van der Waals surface area contributed by atoms with Crippen LogP contribution in [-0.2, 0) is 22.7 Å². The fourth-order valence-electron chi connectivity index (χ4n) is 3.31. The van der Waals surface area contributed by atoms with Gasteiger partial charge >= 0.3 is 0 Å². The number of nitrogens with zero attached hydrogens (tertiary/aromatic N) is 1. The van der Waals surface area contributed by atoms with Gasteiger partial charge in [-0.2, -0.15) is 0 Å². The number of carbonyl (C=O) groups excluding carboxylic acids is 2. The van der Waals surface area contributed by atoms with E-state index in [4.69, 9.17) is 4.74 Å². The van der Waals surface area contributed by atoms with Crippen molar-refractivity contribution in [1.82, 2.24) is 10.2 Å². The molecule has 1 aliphatic rings. The third-order valence-corrected chi connectivity index (χ3v) is 4.72. The van der Waals surface area contributed by atoms with Gasteiger partial charge in [-0.1, -0.05) is 36.4 Å². The lowest BCUT2D eigenvalue weighted by molar-refractivity contribution is -0.132. The highest BCUT2D eigenvalue weighted by Crippen LogP contribution is 2.22. The number of rotatable bonds is 8. The van der Waals surface area contributed by atoms with E-state index >= 15 is 0 Å². The maximum Gasteiger partial charge on any atom is 0.243 e. The number of hydrogen-bond donors (Lipinski definition) is 1. The first-order chi connectivity index (χ1) is 14.0. The van der Waals surface area contributed by atoms with Crippen LogP contribution in [-0.4, -0.2) is 29.4 Å². The first-order valence-electron chi connectivity index (χ1n) is 10.1. The summed E-state index contributed by atoms with van der Waals surface area (Å²) in [5, 5.41) is 2.84. The maximum absolute atomic E-state index is 12.4. The van der Waals surface area contributed by atoms with Crippen LogP contribution < -0.4 is 10.1 Å². The molecule has 0 bridgehead atoms. The minimum absolute atomic E-state index is 0.106. The van der Waals surface area contributed by atoms with Crippen molar-refractivity contribution in [2.24, 2.45) is 0 Å². The van der Waals surface area contributed by atoms with Gasteiger partial charge in [-0.25, -0.2) is 0 Å². The van der Waals surface area contributed by atoms with Gasteiger partial charge < -0.3 is 15.0 Å². The molecule has 5 nitrogen and oxygen atoms in total. The van der Waals surface area contributed by atoms with Crippen LogP contribution in [0.1, 0.15) is 43.4 Å². The fourth-order valence-corrected chi connectivity index (χ4v) is 3.31. The average molecular weight is 392 g/mol. The molecule has 3 rings (SSSR count). The molecule has 1 N–H and O–H groups in total. The number of carbonyl (C=O) groups is 2. The zero-order valence-electron chi connectivity index (χ0n) is 17.1. The average Bonchev–Trinajstić information content (AvgIpc) is 3.14. The number of ether oxygens (including phenoxy) is 1. The summed E-state index contributed by atoms with van der Waals surface area (Å²) in [5.74, 6) is 0.749. The van der Waals surface area contributed by atoms with Gasteiger partial charge in [-0.05, 0) is 55.2 Å². The summed E-state index contributed by atoms with van der Waals surface area (Å²) in [4.78, 5) is 26.2. The Morgan fingerprint density at radius 3 is 2.52 bits per heavy atom. The van der Waals surface area contributed by atoms with Crippen LogP contribution in [0.25, 0.3) is 6.08 Å². The number of amides is 2. The molecule has 2 aromatic carbocycles. The van der Waals surface area contributed by atoms with E-state index in [9.17, 15) is 9.59 Å².